The largest absolute Gasteiger partial charge is 0.378 e. The molecule has 3 atom stereocenters. The third-order valence-electron chi connectivity index (χ3n) is 4.33. The van der Waals surface area contributed by atoms with Crippen LogP contribution in [-0.2, 0) is 4.74 Å². The molecule has 1 aliphatic rings. The topological polar surface area (TPSA) is 74.2 Å². The first-order valence-corrected chi connectivity index (χ1v) is 8.17. The normalized spacial score (nSPS) is 21.7. The second-order valence-electron chi connectivity index (χ2n) is 6.44. The Hall–Kier alpha value is -2.06. The lowest BCUT2D eigenvalue weighted by atomic mass is 9.93. The van der Waals surface area contributed by atoms with Gasteiger partial charge in [-0.15, -0.1) is 0 Å². The lowest BCUT2D eigenvalue weighted by Crippen LogP contribution is -2.41. The lowest BCUT2D eigenvalue weighted by Gasteiger charge is -2.23. The average Bonchev–Trinajstić information content (AvgIpc) is 3.01. The number of benzene rings is 1. The molecule has 3 unspecified atom stereocenters. The fourth-order valence-electron chi connectivity index (χ4n) is 3.01. The van der Waals surface area contributed by atoms with Crippen LogP contribution < -0.4 is 10.6 Å². The molecule has 0 radical (unpaired) electrons. The number of urea groups is 1. The quantitative estimate of drug-likeness (QED) is 0.877. The van der Waals surface area contributed by atoms with E-state index < -0.39 is 0 Å². The number of carbonyl (C=O) groups is 1. The van der Waals surface area contributed by atoms with Crippen LogP contribution in [0, 0.1) is 23.2 Å². The van der Waals surface area contributed by atoms with Crippen LogP contribution in [-0.4, -0.2) is 25.3 Å². The number of carbonyl (C=O) groups excluding carboxylic acids is 1. The zero-order chi connectivity index (χ0) is 16.8. The molecule has 2 N–H and O–H groups in total. The average molecular weight is 315 g/mol. The van der Waals surface area contributed by atoms with E-state index in [0.29, 0.717) is 23.9 Å². The van der Waals surface area contributed by atoms with E-state index in [0.717, 1.165) is 18.6 Å². The molecular formula is C18H25N3O2. The van der Waals surface area contributed by atoms with Gasteiger partial charge in [0.15, 0.2) is 0 Å². The molecule has 124 valence electrons. The predicted octanol–water partition coefficient (Wildman–Crippen LogP) is 2.98. The maximum atomic E-state index is 12.1. The van der Waals surface area contributed by atoms with Crippen LogP contribution in [0.2, 0.25) is 0 Å². The summed E-state index contributed by atoms with van der Waals surface area (Å²) in [6.45, 7) is 7.63. The van der Waals surface area contributed by atoms with Crippen molar-refractivity contribution in [2.75, 3.05) is 13.2 Å². The molecule has 1 aromatic rings. The summed E-state index contributed by atoms with van der Waals surface area (Å²) < 4.78 is 5.73. The highest BCUT2D eigenvalue weighted by Gasteiger charge is 2.30. The Labute approximate surface area is 138 Å². The van der Waals surface area contributed by atoms with Crippen molar-refractivity contribution >= 4 is 6.03 Å². The van der Waals surface area contributed by atoms with Crippen LogP contribution >= 0.6 is 0 Å². The van der Waals surface area contributed by atoms with Gasteiger partial charge in [-0.1, -0.05) is 26.0 Å². The van der Waals surface area contributed by atoms with E-state index in [4.69, 9.17) is 10.00 Å². The molecular weight excluding hydrogens is 290 g/mol. The summed E-state index contributed by atoms with van der Waals surface area (Å²) in [5.74, 6) is 0.843. The maximum Gasteiger partial charge on any atom is 0.315 e. The van der Waals surface area contributed by atoms with Crippen LogP contribution in [0.3, 0.4) is 0 Å². The van der Waals surface area contributed by atoms with Gasteiger partial charge in [-0.2, -0.15) is 5.26 Å². The number of amides is 2. The monoisotopic (exact) mass is 315 g/mol. The van der Waals surface area contributed by atoms with Gasteiger partial charge in [0.1, 0.15) is 0 Å². The molecule has 0 bridgehead atoms. The zero-order valence-electron chi connectivity index (χ0n) is 14.0. The number of rotatable bonds is 5. The van der Waals surface area contributed by atoms with Gasteiger partial charge in [0, 0.05) is 19.1 Å². The molecule has 1 aromatic carbocycles. The first-order chi connectivity index (χ1) is 11.0. The molecule has 1 fully saturated rings. The summed E-state index contributed by atoms with van der Waals surface area (Å²) in [5.41, 5.74) is 1.59. The standard InChI is InChI=1S/C18H25N3O2/c1-12(2)17-16(8-9-23-17)11-20-18(22)21-13(3)15-6-4-14(10-19)5-7-15/h4-7,12-13,16-17H,8-9,11H2,1-3H3,(H2,20,21,22). The Bertz CT molecular complexity index is 563. The minimum absolute atomic E-state index is 0.108. The van der Waals surface area contributed by atoms with Crippen LogP contribution in [0.25, 0.3) is 0 Å². The SMILES string of the molecule is CC(NC(=O)NCC1CCOC1C(C)C)c1ccc(C#N)cc1. The zero-order valence-corrected chi connectivity index (χ0v) is 14.0. The molecule has 0 spiro atoms. The van der Waals surface area contributed by atoms with Crippen molar-refractivity contribution < 1.29 is 9.53 Å². The summed E-state index contributed by atoms with van der Waals surface area (Å²) in [4.78, 5) is 12.1. The molecule has 1 heterocycles. The summed E-state index contributed by atoms with van der Waals surface area (Å²) in [6.07, 6.45) is 1.22. The summed E-state index contributed by atoms with van der Waals surface area (Å²) >= 11 is 0. The minimum Gasteiger partial charge on any atom is -0.378 e. The Morgan fingerprint density at radius 3 is 2.65 bits per heavy atom. The highest BCUT2D eigenvalue weighted by atomic mass is 16.5. The van der Waals surface area contributed by atoms with Gasteiger partial charge in [0.05, 0.1) is 23.8 Å². The number of nitriles is 1. The second kappa shape index (κ2) is 7.98. The molecule has 0 aromatic heterocycles. The van der Waals surface area contributed by atoms with Crippen LogP contribution in [0.1, 0.15) is 44.4 Å². The fraction of sp³-hybridized carbons (Fsp3) is 0.556. The summed E-state index contributed by atoms with van der Waals surface area (Å²) in [6, 6.07) is 9.05. The van der Waals surface area contributed by atoms with Crippen LogP contribution in [0.4, 0.5) is 4.79 Å². The first kappa shape index (κ1) is 17.3. The van der Waals surface area contributed by atoms with Crippen molar-refractivity contribution in [2.45, 2.75) is 39.3 Å². The Morgan fingerprint density at radius 2 is 2.04 bits per heavy atom. The smallest absolute Gasteiger partial charge is 0.315 e. The van der Waals surface area contributed by atoms with Crippen LogP contribution in [0.5, 0.6) is 0 Å². The van der Waals surface area contributed by atoms with Crippen LogP contribution in [0.15, 0.2) is 24.3 Å². The molecule has 23 heavy (non-hydrogen) atoms. The van der Waals surface area contributed by atoms with Gasteiger partial charge in [-0.05, 0) is 37.0 Å². The third-order valence-corrected chi connectivity index (χ3v) is 4.33. The molecule has 2 rings (SSSR count). The van der Waals surface area contributed by atoms with E-state index in [1.807, 2.05) is 19.1 Å². The number of nitrogens with zero attached hydrogens (tertiary/aromatic N) is 1. The third kappa shape index (κ3) is 4.70. The van der Waals surface area contributed by atoms with E-state index >= 15 is 0 Å². The number of hydrogen-bond acceptors (Lipinski definition) is 3. The minimum atomic E-state index is -0.170. The molecule has 0 aliphatic carbocycles. The van der Waals surface area contributed by atoms with Crippen molar-refractivity contribution in [1.29, 1.82) is 5.26 Å². The fourth-order valence-corrected chi connectivity index (χ4v) is 3.01. The van der Waals surface area contributed by atoms with Gasteiger partial charge in [0.25, 0.3) is 0 Å². The predicted molar refractivity (Wildman–Crippen MR) is 88.8 cm³/mol. The van der Waals surface area contributed by atoms with Crippen molar-refractivity contribution in [3.05, 3.63) is 35.4 Å². The second-order valence-corrected chi connectivity index (χ2v) is 6.44. The molecule has 2 amide bonds. The molecule has 0 saturated carbocycles. The van der Waals surface area contributed by atoms with Gasteiger partial charge in [-0.3, -0.25) is 0 Å². The van der Waals surface area contributed by atoms with Gasteiger partial charge in [-0.25, -0.2) is 4.79 Å². The van der Waals surface area contributed by atoms with Crippen molar-refractivity contribution in [3.8, 4) is 6.07 Å². The molecule has 5 nitrogen and oxygen atoms in total. The van der Waals surface area contributed by atoms with Crippen molar-refractivity contribution in [1.82, 2.24) is 10.6 Å². The van der Waals surface area contributed by atoms with E-state index in [2.05, 4.69) is 30.6 Å². The number of ether oxygens (including phenoxy) is 1. The molecule has 5 heteroatoms. The summed E-state index contributed by atoms with van der Waals surface area (Å²) in [7, 11) is 0. The van der Waals surface area contributed by atoms with Crippen molar-refractivity contribution in [3.63, 3.8) is 0 Å². The van der Waals surface area contributed by atoms with Gasteiger partial charge >= 0.3 is 6.03 Å². The van der Waals surface area contributed by atoms with E-state index in [-0.39, 0.29) is 18.2 Å². The van der Waals surface area contributed by atoms with Gasteiger partial charge in [0.2, 0.25) is 0 Å². The first-order valence-electron chi connectivity index (χ1n) is 8.17. The van der Waals surface area contributed by atoms with Gasteiger partial charge < -0.3 is 15.4 Å². The Kier molecular flexibility index (Phi) is 6.00. The van der Waals surface area contributed by atoms with E-state index in [1.54, 1.807) is 12.1 Å². The summed E-state index contributed by atoms with van der Waals surface area (Å²) in [5, 5.41) is 14.7. The van der Waals surface area contributed by atoms with E-state index in [9.17, 15) is 4.79 Å². The Balaban J connectivity index is 1.81. The lowest BCUT2D eigenvalue weighted by molar-refractivity contribution is 0.0545. The highest BCUT2D eigenvalue weighted by Crippen LogP contribution is 2.26. The number of hydrogen-bond donors (Lipinski definition) is 2. The number of nitrogens with one attached hydrogen (secondary N) is 2. The molecule has 1 aliphatic heterocycles. The highest BCUT2D eigenvalue weighted by molar-refractivity contribution is 5.74. The van der Waals surface area contributed by atoms with E-state index in [1.165, 1.54) is 0 Å². The Morgan fingerprint density at radius 1 is 1.35 bits per heavy atom. The van der Waals surface area contributed by atoms with Crippen molar-refractivity contribution in [2.24, 2.45) is 11.8 Å². The maximum absolute atomic E-state index is 12.1. The molecule has 1 saturated heterocycles.